The van der Waals surface area contributed by atoms with Gasteiger partial charge in [0, 0.05) is 17.4 Å². The highest BCUT2D eigenvalue weighted by atomic mass is 32.2. The van der Waals surface area contributed by atoms with Gasteiger partial charge in [0.15, 0.2) is 5.78 Å². The van der Waals surface area contributed by atoms with Crippen molar-refractivity contribution in [2.24, 2.45) is 34.2 Å². The number of ether oxygens (including phenoxy) is 1. The molecule has 0 spiro atoms. The summed E-state index contributed by atoms with van der Waals surface area (Å²) in [4.78, 5) is 26.4. The van der Waals surface area contributed by atoms with Crippen molar-refractivity contribution in [3.05, 3.63) is 59.2 Å². The van der Waals surface area contributed by atoms with Crippen LogP contribution >= 0.6 is 0 Å². The zero-order valence-electron chi connectivity index (χ0n) is 24.5. The third-order valence-corrected chi connectivity index (χ3v) is 12.2. The van der Waals surface area contributed by atoms with Gasteiger partial charge in [0.05, 0.1) is 10.8 Å². The minimum Gasteiger partial charge on any atom is -0.508 e. The summed E-state index contributed by atoms with van der Waals surface area (Å²) in [5, 5.41) is 15.2. The molecule has 4 aliphatic carbocycles. The summed E-state index contributed by atoms with van der Waals surface area (Å²) in [6, 6.07) is 11.8. The molecule has 6 rings (SSSR count). The summed E-state index contributed by atoms with van der Waals surface area (Å²) in [5.74, 6) is 1.91. The van der Waals surface area contributed by atoms with Crippen molar-refractivity contribution in [1.82, 2.24) is 0 Å². The first-order valence-electron chi connectivity index (χ1n) is 15.7. The number of rotatable bonds is 6. The molecule has 3 N–H and O–H groups in total. The van der Waals surface area contributed by atoms with Crippen LogP contribution in [-0.2, 0) is 26.0 Å². The predicted octanol–water partition coefficient (Wildman–Crippen LogP) is 6.28. The van der Waals surface area contributed by atoms with Crippen LogP contribution in [0, 0.1) is 29.1 Å². The third-order valence-electron chi connectivity index (χ3n) is 11.3. The molecule has 0 amide bonds. The van der Waals surface area contributed by atoms with Crippen LogP contribution in [0.3, 0.4) is 0 Å². The van der Waals surface area contributed by atoms with Gasteiger partial charge in [-0.2, -0.15) is 0 Å². The Kier molecular flexibility index (Phi) is 7.98. The second kappa shape index (κ2) is 11.4. The number of carbonyl (C=O) groups excluding carboxylic acids is 2. The minimum atomic E-state index is -3.87. The Morgan fingerprint density at radius 3 is 2.64 bits per heavy atom. The average Bonchev–Trinajstić information content (AvgIpc) is 3.12. The van der Waals surface area contributed by atoms with Gasteiger partial charge in [0.2, 0.25) is 10.0 Å². The SMILES string of the molecule is CC12CCC3c4ccc(O)cc4CCC3C1CCC2OC(=O)C1CCCC(CC(=O)c2cccc(S(N)(=O)=O)c2)CC1. The number of hydrogen-bond donors (Lipinski definition) is 2. The normalized spacial score (nSPS) is 32.6. The Hall–Kier alpha value is -2.71. The van der Waals surface area contributed by atoms with Crippen molar-refractivity contribution in [1.29, 1.82) is 0 Å². The van der Waals surface area contributed by atoms with E-state index in [4.69, 9.17) is 9.88 Å². The molecule has 42 heavy (non-hydrogen) atoms. The van der Waals surface area contributed by atoms with Gasteiger partial charge in [-0.15, -0.1) is 0 Å². The number of fused-ring (bicyclic) bond motifs is 5. The van der Waals surface area contributed by atoms with Crippen molar-refractivity contribution in [3.63, 3.8) is 0 Å². The highest BCUT2D eigenvalue weighted by Gasteiger charge is 2.56. The van der Waals surface area contributed by atoms with Crippen LogP contribution in [0.2, 0.25) is 0 Å². The van der Waals surface area contributed by atoms with E-state index in [1.807, 2.05) is 12.1 Å². The summed E-state index contributed by atoms with van der Waals surface area (Å²) in [7, 11) is -3.87. The van der Waals surface area contributed by atoms with Crippen LogP contribution in [0.4, 0.5) is 0 Å². The molecule has 3 saturated carbocycles. The average molecular weight is 594 g/mol. The van der Waals surface area contributed by atoms with Gasteiger partial charge >= 0.3 is 5.97 Å². The molecule has 0 bridgehead atoms. The van der Waals surface area contributed by atoms with Crippen molar-refractivity contribution in [3.8, 4) is 5.75 Å². The van der Waals surface area contributed by atoms with E-state index in [9.17, 15) is 23.1 Å². The highest BCUT2D eigenvalue weighted by molar-refractivity contribution is 7.89. The molecule has 0 aliphatic heterocycles. The number of hydrogen-bond acceptors (Lipinski definition) is 6. The number of aryl methyl sites for hydroxylation is 1. The van der Waals surface area contributed by atoms with Crippen molar-refractivity contribution < 1.29 is 27.9 Å². The lowest BCUT2D eigenvalue weighted by molar-refractivity contribution is -0.163. The van der Waals surface area contributed by atoms with E-state index < -0.39 is 10.0 Å². The van der Waals surface area contributed by atoms with E-state index in [-0.39, 0.29) is 40.0 Å². The lowest BCUT2D eigenvalue weighted by Gasteiger charge is -2.50. The standard InChI is InChI=1S/C34H43NO6S/c1-34-17-16-28-27-13-11-25(36)19-23(27)10-12-29(28)30(34)14-15-32(34)41-33(38)22-5-2-4-21(8-9-22)18-31(37)24-6-3-7-26(20-24)42(35,39)40/h3,6-7,11,13,19-22,28-30,32,36H,2,4-5,8-10,12,14-18H2,1H3,(H2,35,39,40). The number of nitrogens with two attached hydrogens (primary N) is 1. The topological polar surface area (TPSA) is 124 Å². The fourth-order valence-electron chi connectivity index (χ4n) is 9.00. The first-order valence-corrected chi connectivity index (χ1v) is 17.3. The molecule has 8 heteroatoms. The van der Waals surface area contributed by atoms with Crippen LogP contribution in [0.1, 0.15) is 105 Å². The van der Waals surface area contributed by atoms with E-state index in [0.717, 1.165) is 70.6 Å². The Labute approximate surface area is 249 Å². The number of phenols is 1. The molecule has 0 aromatic heterocycles. The molecule has 3 fully saturated rings. The fourth-order valence-corrected chi connectivity index (χ4v) is 9.56. The van der Waals surface area contributed by atoms with E-state index >= 15 is 0 Å². The number of aromatic hydroxyl groups is 1. The summed E-state index contributed by atoms with van der Waals surface area (Å²) < 4.78 is 29.8. The van der Waals surface area contributed by atoms with Gasteiger partial charge < -0.3 is 9.84 Å². The maximum absolute atomic E-state index is 13.5. The number of ketones is 1. The molecule has 2 aromatic carbocycles. The molecule has 0 radical (unpaired) electrons. The van der Waals surface area contributed by atoms with Crippen LogP contribution < -0.4 is 5.14 Å². The smallest absolute Gasteiger partial charge is 0.309 e. The summed E-state index contributed by atoms with van der Waals surface area (Å²) >= 11 is 0. The van der Waals surface area contributed by atoms with Gasteiger partial charge in [0.1, 0.15) is 11.9 Å². The maximum Gasteiger partial charge on any atom is 0.309 e. The second-order valence-corrected chi connectivity index (χ2v) is 15.2. The van der Waals surface area contributed by atoms with Crippen molar-refractivity contribution in [2.45, 2.75) is 101 Å². The lowest BCUT2D eigenvalue weighted by Crippen LogP contribution is -2.45. The maximum atomic E-state index is 13.5. The Morgan fingerprint density at radius 1 is 1.00 bits per heavy atom. The highest BCUT2D eigenvalue weighted by Crippen LogP contribution is 2.61. The molecule has 7 nitrogen and oxygen atoms in total. The van der Waals surface area contributed by atoms with Gasteiger partial charge in [-0.1, -0.05) is 31.5 Å². The van der Waals surface area contributed by atoms with E-state index in [0.29, 0.717) is 35.5 Å². The van der Waals surface area contributed by atoms with Crippen LogP contribution in [-0.4, -0.2) is 31.4 Å². The summed E-state index contributed by atoms with van der Waals surface area (Å²) in [6.45, 7) is 2.35. The number of phenolic OH excluding ortho intramolecular Hbond substituents is 1. The minimum absolute atomic E-state index is 0.0104. The zero-order valence-corrected chi connectivity index (χ0v) is 25.3. The Balaban J connectivity index is 1.05. The number of esters is 1. The third kappa shape index (κ3) is 5.64. The second-order valence-electron chi connectivity index (χ2n) is 13.6. The number of carbonyl (C=O) groups is 2. The number of benzene rings is 2. The number of Topliss-reactive ketones (excluding diaryl/α,β-unsaturated/α-hetero) is 1. The fraction of sp³-hybridized carbons (Fsp3) is 0.588. The number of sulfonamides is 1. The first kappa shape index (κ1) is 29.4. The van der Waals surface area contributed by atoms with E-state index in [2.05, 4.69) is 13.0 Å². The molecule has 2 aromatic rings. The predicted molar refractivity (Wildman–Crippen MR) is 159 cm³/mol. The van der Waals surface area contributed by atoms with Crippen LogP contribution in [0.15, 0.2) is 47.4 Å². The quantitative estimate of drug-likeness (QED) is 0.231. The zero-order chi connectivity index (χ0) is 29.6. The summed E-state index contributed by atoms with van der Waals surface area (Å²) in [6.07, 6.45) is 10.7. The first-order chi connectivity index (χ1) is 20.0. The number of primary sulfonamides is 1. The van der Waals surface area contributed by atoms with Crippen LogP contribution in [0.25, 0.3) is 0 Å². The van der Waals surface area contributed by atoms with Crippen molar-refractivity contribution >= 4 is 21.8 Å². The largest absolute Gasteiger partial charge is 0.508 e. The van der Waals surface area contributed by atoms with Gasteiger partial charge in [-0.3, -0.25) is 9.59 Å². The van der Waals surface area contributed by atoms with Gasteiger partial charge in [-0.05, 0) is 123 Å². The lowest BCUT2D eigenvalue weighted by atomic mass is 9.55. The Morgan fingerprint density at radius 2 is 1.83 bits per heavy atom. The molecular weight excluding hydrogens is 550 g/mol. The molecule has 0 heterocycles. The van der Waals surface area contributed by atoms with E-state index in [1.54, 1.807) is 12.1 Å². The van der Waals surface area contributed by atoms with Gasteiger partial charge in [-0.25, -0.2) is 13.6 Å². The van der Waals surface area contributed by atoms with E-state index in [1.165, 1.54) is 23.3 Å². The summed E-state index contributed by atoms with van der Waals surface area (Å²) in [5.41, 5.74) is 3.08. The molecule has 226 valence electrons. The molecule has 0 saturated heterocycles. The monoisotopic (exact) mass is 593 g/mol. The Bertz CT molecular complexity index is 1470. The molecule has 7 atom stereocenters. The van der Waals surface area contributed by atoms with Gasteiger partial charge in [0.25, 0.3) is 0 Å². The van der Waals surface area contributed by atoms with Crippen LogP contribution in [0.5, 0.6) is 5.75 Å². The molecule has 7 unspecified atom stereocenters. The molecular formula is C34H43NO6S. The van der Waals surface area contributed by atoms with Crippen molar-refractivity contribution in [2.75, 3.05) is 0 Å². The molecule has 4 aliphatic rings.